The third-order valence-electron chi connectivity index (χ3n) is 4.43. The molecule has 1 heterocycles. The average Bonchev–Trinajstić information content (AvgIpc) is 2.39. The van der Waals surface area contributed by atoms with Crippen molar-refractivity contribution >= 4 is 5.71 Å². The van der Waals surface area contributed by atoms with Crippen molar-refractivity contribution in [3.05, 3.63) is 0 Å². The zero-order valence-electron chi connectivity index (χ0n) is 10.4. The lowest BCUT2D eigenvalue weighted by molar-refractivity contribution is 0.133. The van der Waals surface area contributed by atoms with Crippen molar-refractivity contribution in [3.63, 3.8) is 0 Å². The summed E-state index contributed by atoms with van der Waals surface area (Å²) < 4.78 is 0. The van der Waals surface area contributed by atoms with Gasteiger partial charge < -0.3 is 5.21 Å². The number of hydrogen-bond acceptors (Lipinski definition) is 3. The molecular formula is C13H24N2O. The van der Waals surface area contributed by atoms with Crippen LogP contribution in [0.5, 0.6) is 0 Å². The maximum atomic E-state index is 8.72. The van der Waals surface area contributed by atoms with E-state index in [1.807, 2.05) is 0 Å². The lowest BCUT2D eigenvalue weighted by Crippen LogP contribution is -2.43. The van der Waals surface area contributed by atoms with Gasteiger partial charge in [0.05, 0.1) is 5.71 Å². The summed E-state index contributed by atoms with van der Waals surface area (Å²) in [6, 6.07) is 0.808. The molecule has 2 rings (SSSR count). The van der Waals surface area contributed by atoms with Crippen molar-refractivity contribution in [2.24, 2.45) is 11.1 Å². The standard InChI is InChI=1S/C13H24N2O/c1-2-11-3-5-13(6-4-11)15-9-7-12(14-16)8-10-15/h11,13,16H,2-10H2,1H3. The Bertz CT molecular complexity index is 234. The van der Waals surface area contributed by atoms with Gasteiger partial charge in [0, 0.05) is 32.0 Å². The van der Waals surface area contributed by atoms with Gasteiger partial charge in [0.2, 0.25) is 0 Å². The van der Waals surface area contributed by atoms with Crippen molar-refractivity contribution in [1.82, 2.24) is 4.90 Å². The number of rotatable bonds is 2. The monoisotopic (exact) mass is 224 g/mol. The Morgan fingerprint density at radius 3 is 2.31 bits per heavy atom. The van der Waals surface area contributed by atoms with Gasteiger partial charge in [-0.25, -0.2) is 0 Å². The van der Waals surface area contributed by atoms with Crippen LogP contribution in [0.3, 0.4) is 0 Å². The summed E-state index contributed by atoms with van der Waals surface area (Å²) >= 11 is 0. The molecule has 92 valence electrons. The average molecular weight is 224 g/mol. The Hall–Kier alpha value is -0.570. The predicted molar refractivity (Wildman–Crippen MR) is 66.1 cm³/mol. The number of hydrogen-bond donors (Lipinski definition) is 1. The normalized spacial score (nSPS) is 32.7. The predicted octanol–water partition coefficient (Wildman–Crippen LogP) is 2.88. The first-order valence-corrected chi connectivity index (χ1v) is 6.77. The third-order valence-corrected chi connectivity index (χ3v) is 4.43. The highest BCUT2D eigenvalue weighted by atomic mass is 16.4. The number of oxime groups is 1. The van der Waals surface area contributed by atoms with E-state index in [2.05, 4.69) is 17.0 Å². The van der Waals surface area contributed by atoms with E-state index in [9.17, 15) is 0 Å². The summed E-state index contributed by atoms with van der Waals surface area (Å²) in [5.41, 5.74) is 0.985. The molecule has 2 aliphatic rings. The smallest absolute Gasteiger partial charge is 0.0596 e. The third kappa shape index (κ3) is 2.76. The van der Waals surface area contributed by atoms with Gasteiger partial charge in [0.25, 0.3) is 0 Å². The van der Waals surface area contributed by atoms with E-state index in [0.717, 1.165) is 43.6 Å². The molecule has 0 aromatic rings. The molecule has 0 aromatic heterocycles. The molecule has 0 unspecified atom stereocenters. The summed E-state index contributed by atoms with van der Waals surface area (Å²) in [4.78, 5) is 2.61. The Morgan fingerprint density at radius 1 is 1.19 bits per heavy atom. The van der Waals surface area contributed by atoms with Crippen LogP contribution >= 0.6 is 0 Å². The first-order chi connectivity index (χ1) is 7.83. The lowest BCUT2D eigenvalue weighted by Gasteiger charge is -2.38. The molecule has 16 heavy (non-hydrogen) atoms. The minimum absolute atomic E-state index is 0.808. The molecule has 0 atom stereocenters. The molecule has 1 N–H and O–H groups in total. The van der Waals surface area contributed by atoms with E-state index in [4.69, 9.17) is 5.21 Å². The summed E-state index contributed by atoms with van der Waals surface area (Å²) in [6.07, 6.45) is 8.87. The van der Waals surface area contributed by atoms with Crippen molar-refractivity contribution in [3.8, 4) is 0 Å². The Morgan fingerprint density at radius 2 is 1.81 bits per heavy atom. The first kappa shape index (κ1) is 11.9. The van der Waals surface area contributed by atoms with Crippen LogP contribution < -0.4 is 0 Å². The molecule has 1 saturated carbocycles. The molecule has 3 nitrogen and oxygen atoms in total. The summed E-state index contributed by atoms with van der Waals surface area (Å²) in [5.74, 6) is 0.982. The van der Waals surface area contributed by atoms with Crippen molar-refractivity contribution in [2.45, 2.75) is 57.9 Å². The molecule has 1 aliphatic heterocycles. The molecule has 0 spiro atoms. The first-order valence-electron chi connectivity index (χ1n) is 6.77. The molecule has 0 bridgehead atoms. The number of nitrogens with zero attached hydrogens (tertiary/aromatic N) is 2. The zero-order chi connectivity index (χ0) is 11.4. The van der Waals surface area contributed by atoms with Crippen LogP contribution in [0.2, 0.25) is 0 Å². The second kappa shape index (κ2) is 5.67. The fraction of sp³-hybridized carbons (Fsp3) is 0.923. The molecule has 0 amide bonds. The van der Waals surface area contributed by atoms with Gasteiger partial charge in [-0.3, -0.25) is 4.90 Å². The van der Waals surface area contributed by atoms with E-state index in [1.165, 1.54) is 32.1 Å². The Balaban J connectivity index is 1.78. The highest BCUT2D eigenvalue weighted by molar-refractivity contribution is 5.84. The number of likely N-dealkylation sites (tertiary alicyclic amines) is 1. The van der Waals surface area contributed by atoms with E-state index in [-0.39, 0.29) is 0 Å². The van der Waals surface area contributed by atoms with Crippen LogP contribution in [0.15, 0.2) is 5.16 Å². The molecule has 2 fully saturated rings. The van der Waals surface area contributed by atoms with Crippen LogP contribution in [0.1, 0.15) is 51.9 Å². The molecule has 1 aliphatic carbocycles. The maximum absolute atomic E-state index is 8.72. The van der Waals surface area contributed by atoms with Gasteiger partial charge in [0.15, 0.2) is 0 Å². The SMILES string of the molecule is CCC1CCC(N2CCC(=NO)CC2)CC1. The summed E-state index contributed by atoms with van der Waals surface area (Å²) in [7, 11) is 0. The van der Waals surface area contributed by atoms with Crippen LogP contribution in [0.4, 0.5) is 0 Å². The molecular weight excluding hydrogens is 200 g/mol. The molecule has 1 saturated heterocycles. The van der Waals surface area contributed by atoms with Crippen LogP contribution in [-0.4, -0.2) is 35.0 Å². The zero-order valence-corrected chi connectivity index (χ0v) is 10.4. The van der Waals surface area contributed by atoms with E-state index >= 15 is 0 Å². The van der Waals surface area contributed by atoms with Crippen molar-refractivity contribution < 1.29 is 5.21 Å². The van der Waals surface area contributed by atoms with Gasteiger partial charge in [-0.2, -0.15) is 0 Å². The minimum atomic E-state index is 0.808. The Kier molecular flexibility index (Phi) is 4.22. The van der Waals surface area contributed by atoms with Gasteiger partial charge in [0.1, 0.15) is 0 Å². The number of piperidine rings is 1. The minimum Gasteiger partial charge on any atom is -0.411 e. The van der Waals surface area contributed by atoms with Crippen LogP contribution in [0.25, 0.3) is 0 Å². The lowest BCUT2D eigenvalue weighted by atomic mass is 9.83. The van der Waals surface area contributed by atoms with Crippen molar-refractivity contribution in [2.75, 3.05) is 13.1 Å². The second-order valence-corrected chi connectivity index (χ2v) is 5.28. The fourth-order valence-corrected chi connectivity index (χ4v) is 3.17. The largest absolute Gasteiger partial charge is 0.411 e. The quantitative estimate of drug-likeness (QED) is 0.578. The van der Waals surface area contributed by atoms with Gasteiger partial charge in [-0.05, 0) is 31.6 Å². The van der Waals surface area contributed by atoms with Gasteiger partial charge in [-0.1, -0.05) is 18.5 Å². The van der Waals surface area contributed by atoms with Crippen molar-refractivity contribution in [1.29, 1.82) is 0 Å². The summed E-state index contributed by atoms with van der Waals surface area (Å²) in [6.45, 7) is 4.51. The van der Waals surface area contributed by atoms with E-state index in [0.29, 0.717) is 0 Å². The van der Waals surface area contributed by atoms with E-state index < -0.39 is 0 Å². The van der Waals surface area contributed by atoms with Crippen LogP contribution in [0, 0.1) is 5.92 Å². The Labute approximate surface area is 98.5 Å². The molecule has 0 radical (unpaired) electrons. The second-order valence-electron chi connectivity index (χ2n) is 5.28. The van der Waals surface area contributed by atoms with Gasteiger partial charge in [-0.15, -0.1) is 0 Å². The highest BCUT2D eigenvalue weighted by Crippen LogP contribution is 2.30. The topological polar surface area (TPSA) is 35.8 Å². The fourth-order valence-electron chi connectivity index (χ4n) is 3.17. The maximum Gasteiger partial charge on any atom is 0.0596 e. The van der Waals surface area contributed by atoms with E-state index in [1.54, 1.807) is 0 Å². The molecule has 3 heteroatoms. The van der Waals surface area contributed by atoms with Crippen LogP contribution in [-0.2, 0) is 0 Å². The summed E-state index contributed by atoms with van der Waals surface area (Å²) in [5, 5.41) is 12.1. The van der Waals surface area contributed by atoms with Gasteiger partial charge >= 0.3 is 0 Å². The molecule has 0 aromatic carbocycles. The highest BCUT2D eigenvalue weighted by Gasteiger charge is 2.27.